The quantitative estimate of drug-likeness (QED) is 0.172. The second-order valence-corrected chi connectivity index (χ2v) is 6.45. The average Bonchev–Trinajstić information content (AvgIpc) is 3.14. The van der Waals surface area contributed by atoms with Crippen molar-refractivity contribution in [1.29, 1.82) is 0 Å². The Morgan fingerprint density at radius 1 is 1.32 bits per heavy atom. The number of aliphatic hydroxyl groups is 3. The van der Waals surface area contributed by atoms with Crippen LogP contribution < -0.4 is 21.3 Å². The molecule has 2 aliphatic rings. The molecule has 0 aromatic carbocycles. The summed E-state index contributed by atoms with van der Waals surface area (Å²) in [5, 5.41) is 36.2. The largest absolute Gasteiger partial charge is 0.394 e. The van der Waals surface area contributed by atoms with E-state index in [0.717, 1.165) is 12.8 Å². The first-order valence-electron chi connectivity index (χ1n) is 8.24. The van der Waals surface area contributed by atoms with Gasteiger partial charge >= 0.3 is 0 Å². The highest BCUT2D eigenvalue weighted by atomic mass is 32.1. The molecule has 0 bridgehead atoms. The van der Waals surface area contributed by atoms with Gasteiger partial charge in [-0.2, -0.15) is 4.98 Å². The molecular formula is C14H24N6O4S. The number of nitrogens with two attached hydrogens (primary N) is 1. The summed E-state index contributed by atoms with van der Waals surface area (Å²) in [6, 6.07) is 0. The van der Waals surface area contributed by atoms with E-state index in [1.165, 1.54) is 0 Å². The van der Waals surface area contributed by atoms with E-state index in [0.29, 0.717) is 42.2 Å². The van der Waals surface area contributed by atoms with Crippen LogP contribution in [0.2, 0.25) is 0 Å². The monoisotopic (exact) mass is 372 g/mol. The third-order valence-electron chi connectivity index (χ3n) is 4.31. The van der Waals surface area contributed by atoms with Crippen molar-refractivity contribution in [3.63, 3.8) is 0 Å². The summed E-state index contributed by atoms with van der Waals surface area (Å²) >= 11 is 4.39. The molecule has 7 N–H and O–H groups in total. The first-order chi connectivity index (χ1) is 12.1. The van der Waals surface area contributed by atoms with E-state index < -0.39 is 24.5 Å². The molecule has 3 heterocycles. The Morgan fingerprint density at radius 2 is 2.12 bits per heavy atom. The van der Waals surface area contributed by atoms with Crippen LogP contribution in [0.1, 0.15) is 12.8 Å². The molecule has 1 aromatic heterocycles. The predicted octanol–water partition coefficient (Wildman–Crippen LogP) is -1.46. The number of nitrogens with one attached hydrogen (secondary N) is 2. The summed E-state index contributed by atoms with van der Waals surface area (Å²) in [7, 11) is 0. The smallest absolute Gasteiger partial charge is 0.225 e. The van der Waals surface area contributed by atoms with E-state index in [-0.39, 0.29) is 6.61 Å². The molecule has 0 amide bonds. The highest BCUT2D eigenvalue weighted by molar-refractivity contribution is 7.80. The number of aliphatic hydroxyl groups excluding tert-OH is 3. The molecule has 11 heteroatoms. The molecule has 0 radical (unpaired) electrons. The lowest BCUT2D eigenvalue weighted by atomic mass is 10.1. The molecule has 0 aliphatic carbocycles. The van der Waals surface area contributed by atoms with E-state index >= 15 is 0 Å². The van der Waals surface area contributed by atoms with Crippen LogP contribution in [-0.4, -0.2) is 76.2 Å². The molecular weight excluding hydrogens is 348 g/mol. The van der Waals surface area contributed by atoms with Gasteiger partial charge in [-0.05, 0) is 19.4 Å². The highest BCUT2D eigenvalue weighted by Gasteiger charge is 2.47. The minimum atomic E-state index is -1.16. The average molecular weight is 372 g/mol. The number of rotatable bonds is 7. The first-order valence-corrected chi connectivity index (χ1v) is 8.69. The number of thiol groups is 1. The van der Waals surface area contributed by atoms with Crippen LogP contribution in [0.4, 0.5) is 17.5 Å². The summed E-state index contributed by atoms with van der Waals surface area (Å²) < 4.78 is 5.59. The second-order valence-electron chi connectivity index (χ2n) is 6.03. The van der Waals surface area contributed by atoms with Gasteiger partial charge in [-0.3, -0.25) is 0 Å². The third kappa shape index (κ3) is 3.61. The van der Waals surface area contributed by atoms with E-state index in [2.05, 4.69) is 33.2 Å². The Bertz CT molecular complexity index is 609. The van der Waals surface area contributed by atoms with Crippen LogP contribution in [0.3, 0.4) is 0 Å². The third-order valence-corrected chi connectivity index (χ3v) is 4.63. The minimum Gasteiger partial charge on any atom is -0.394 e. The van der Waals surface area contributed by atoms with Crippen LogP contribution >= 0.6 is 12.6 Å². The maximum atomic E-state index is 10.2. The Labute approximate surface area is 150 Å². The van der Waals surface area contributed by atoms with Crippen molar-refractivity contribution in [2.24, 2.45) is 5.73 Å². The summed E-state index contributed by atoms with van der Waals surface area (Å²) in [4.78, 5) is 10.5. The molecule has 2 unspecified atom stereocenters. The Balaban J connectivity index is 1.77. The van der Waals surface area contributed by atoms with Crippen molar-refractivity contribution >= 4 is 30.1 Å². The van der Waals surface area contributed by atoms with E-state index in [9.17, 15) is 15.3 Å². The fourth-order valence-electron chi connectivity index (χ4n) is 2.94. The van der Waals surface area contributed by atoms with Gasteiger partial charge in [0.1, 0.15) is 29.0 Å². The Hall–Kier alpha value is -1.37. The fourth-order valence-corrected chi connectivity index (χ4v) is 3.21. The SMILES string of the molecule is NCCCCNc1nc(S)c2c(n1)N(C1O[C@H](CO)[C@H](O)C1O)CN2. The van der Waals surface area contributed by atoms with Crippen molar-refractivity contribution in [3.8, 4) is 0 Å². The van der Waals surface area contributed by atoms with Crippen molar-refractivity contribution in [3.05, 3.63) is 0 Å². The van der Waals surface area contributed by atoms with Gasteiger partial charge in [0, 0.05) is 6.54 Å². The zero-order valence-electron chi connectivity index (χ0n) is 13.7. The topological polar surface area (TPSA) is 149 Å². The Kier molecular flexibility index (Phi) is 5.81. The Morgan fingerprint density at radius 3 is 2.80 bits per heavy atom. The summed E-state index contributed by atoms with van der Waals surface area (Å²) in [5.41, 5.74) is 6.11. The lowest BCUT2D eigenvalue weighted by Gasteiger charge is -2.26. The van der Waals surface area contributed by atoms with Gasteiger partial charge < -0.3 is 41.3 Å². The van der Waals surface area contributed by atoms with Crippen LogP contribution in [-0.2, 0) is 4.74 Å². The molecule has 3 rings (SSSR count). The second kappa shape index (κ2) is 7.89. The maximum absolute atomic E-state index is 10.2. The minimum absolute atomic E-state index is 0.320. The lowest BCUT2D eigenvalue weighted by molar-refractivity contribution is -0.0219. The zero-order valence-corrected chi connectivity index (χ0v) is 14.6. The van der Waals surface area contributed by atoms with Gasteiger partial charge in [-0.15, -0.1) is 12.6 Å². The highest BCUT2D eigenvalue weighted by Crippen LogP contribution is 2.38. The van der Waals surface area contributed by atoms with E-state index in [4.69, 9.17) is 10.5 Å². The van der Waals surface area contributed by atoms with Gasteiger partial charge in [0.25, 0.3) is 0 Å². The molecule has 1 aromatic rings. The molecule has 25 heavy (non-hydrogen) atoms. The van der Waals surface area contributed by atoms with Crippen LogP contribution in [0.15, 0.2) is 5.03 Å². The van der Waals surface area contributed by atoms with Gasteiger partial charge in [0.2, 0.25) is 5.95 Å². The van der Waals surface area contributed by atoms with E-state index in [1.807, 2.05) is 0 Å². The number of anilines is 3. The first kappa shape index (κ1) is 18.4. The van der Waals surface area contributed by atoms with Crippen LogP contribution in [0.5, 0.6) is 0 Å². The lowest BCUT2D eigenvalue weighted by Crippen LogP contribution is -2.44. The summed E-state index contributed by atoms with van der Waals surface area (Å²) in [6.07, 6.45) is -2.18. The van der Waals surface area contributed by atoms with Gasteiger partial charge in [-0.25, -0.2) is 4.98 Å². The van der Waals surface area contributed by atoms with Crippen molar-refractivity contribution in [2.75, 3.05) is 41.9 Å². The van der Waals surface area contributed by atoms with Crippen molar-refractivity contribution in [2.45, 2.75) is 42.4 Å². The molecule has 0 spiro atoms. The standard InChI is InChI=1S/C14H24N6O4S/c15-3-1-2-4-16-14-18-11-8(12(25)19-14)17-6-20(11)13-10(23)9(22)7(5-21)24-13/h7,9-10,13,17,21-23H,1-6,15H2,(H2,16,18,19,25)/t7-,9+,10?,13?/m1/s1. The molecule has 0 saturated carbocycles. The zero-order chi connectivity index (χ0) is 18.0. The number of unbranched alkanes of at least 4 members (excludes halogenated alkanes) is 1. The molecule has 1 fully saturated rings. The van der Waals surface area contributed by atoms with Crippen LogP contribution in [0.25, 0.3) is 0 Å². The van der Waals surface area contributed by atoms with Gasteiger partial charge in [0.15, 0.2) is 12.0 Å². The van der Waals surface area contributed by atoms with Gasteiger partial charge in [-0.1, -0.05) is 0 Å². The molecule has 4 atom stereocenters. The maximum Gasteiger partial charge on any atom is 0.225 e. The summed E-state index contributed by atoms with van der Waals surface area (Å²) in [6.45, 7) is 1.26. The number of fused-ring (bicyclic) bond motifs is 1. The van der Waals surface area contributed by atoms with E-state index in [1.54, 1.807) is 4.90 Å². The number of aromatic nitrogens is 2. The number of ether oxygens (including phenoxy) is 1. The number of hydrogen-bond donors (Lipinski definition) is 7. The summed E-state index contributed by atoms with van der Waals surface area (Å²) in [5.74, 6) is 0.942. The van der Waals surface area contributed by atoms with Crippen molar-refractivity contribution in [1.82, 2.24) is 9.97 Å². The molecule has 10 nitrogen and oxygen atoms in total. The van der Waals surface area contributed by atoms with Crippen LogP contribution in [0, 0.1) is 0 Å². The molecule has 2 aliphatic heterocycles. The molecule has 1 saturated heterocycles. The van der Waals surface area contributed by atoms with Gasteiger partial charge in [0.05, 0.1) is 13.3 Å². The predicted molar refractivity (Wildman–Crippen MR) is 94.8 cm³/mol. The van der Waals surface area contributed by atoms with Crippen molar-refractivity contribution < 1.29 is 20.1 Å². The normalized spacial score (nSPS) is 28.1. The fraction of sp³-hybridized carbons (Fsp3) is 0.714. The molecule has 140 valence electrons. The number of nitrogens with zero attached hydrogens (tertiary/aromatic N) is 3. The number of hydrogen-bond acceptors (Lipinski definition) is 11.